The van der Waals surface area contributed by atoms with Crippen molar-refractivity contribution in [3.05, 3.63) is 47.9 Å². The van der Waals surface area contributed by atoms with Crippen molar-refractivity contribution in [1.82, 2.24) is 9.88 Å². The lowest BCUT2D eigenvalue weighted by Gasteiger charge is -2.31. The number of anilines is 1. The van der Waals surface area contributed by atoms with Crippen molar-refractivity contribution in [3.8, 4) is 0 Å². The first-order chi connectivity index (χ1) is 12.0. The minimum atomic E-state index is 0.273. The van der Waals surface area contributed by atoms with Gasteiger partial charge in [0.25, 0.3) is 0 Å². The summed E-state index contributed by atoms with van der Waals surface area (Å²) in [5.74, 6) is 0.627. The van der Waals surface area contributed by atoms with Gasteiger partial charge in [-0.05, 0) is 44.4 Å². The molecule has 3 aromatic rings. The van der Waals surface area contributed by atoms with Crippen molar-refractivity contribution >= 4 is 27.8 Å². The maximum atomic E-state index is 6.22. The van der Waals surface area contributed by atoms with E-state index >= 15 is 0 Å². The number of rotatable bonds is 3. The van der Waals surface area contributed by atoms with Crippen molar-refractivity contribution in [1.29, 1.82) is 0 Å². The number of benzene rings is 1. The predicted octanol–water partition coefficient (Wildman–Crippen LogP) is 5.19. The molecule has 0 aliphatic carbocycles. The molecular formula is C21H25N3O. The van der Waals surface area contributed by atoms with E-state index < -0.39 is 0 Å². The van der Waals surface area contributed by atoms with Crippen LogP contribution in [0.2, 0.25) is 0 Å². The van der Waals surface area contributed by atoms with Crippen LogP contribution in [0.1, 0.15) is 32.0 Å². The van der Waals surface area contributed by atoms with Gasteiger partial charge in [0.05, 0.1) is 5.69 Å². The minimum absolute atomic E-state index is 0.273. The number of hydrogen-bond acceptors (Lipinski definition) is 4. The highest BCUT2D eigenvalue weighted by molar-refractivity contribution is 6.08. The fourth-order valence-corrected chi connectivity index (χ4v) is 3.68. The Morgan fingerprint density at radius 2 is 1.84 bits per heavy atom. The average Bonchev–Trinajstić information content (AvgIpc) is 3.08. The summed E-state index contributed by atoms with van der Waals surface area (Å²) in [6, 6.07) is 8.47. The molecule has 0 unspecified atom stereocenters. The van der Waals surface area contributed by atoms with Crippen molar-refractivity contribution in [2.75, 3.05) is 11.4 Å². The Morgan fingerprint density at radius 1 is 1.08 bits per heavy atom. The summed E-state index contributed by atoms with van der Waals surface area (Å²) in [6.07, 6.45) is 4.63. The van der Waals surface area contributed by atoms with Crippen LogP contribution < -0.4 is 4.90 Å². The van der Waals surface area contributed by atoms with E-state index in [1.807, 2.05) is 13.0 Å². The molecule has 130 valence electrons. The van der Waals surface area contributed by atoms with Gasteiger partial charge in [-0.2, -0.15) is 0 Å². The second-order valence-corrected chi connectivity index (χ2v) is 7.44. The quantitative estimate of drug-likeness (QED) is 0.659. The summed E-state index contributed by atoms with van der Waals surface area (Å²) < 4.78 is 6.22. The third-order valence-corrected chi connectivity index (χ3v) is 4.96. The molecule has 1 aromatic carbocycles. The Morgan fingerprint density at radius 3 is 2.60 bits per heavy atom. The first-order valence-electron chi connectivity index (χ1n) is 8.97. The van der Waals surface area contributed by atoms with Crippen LogP contribution in [0.3, 0.4) is 0 Å². The van der Waals surface area contributed by atoms with Crippen molar-refractivity contribution in [2.24, 2.45) is 5.92 Å². The molecule has 0 bridgehead atoms. The van der Waals surface area contributed by atoms with Crippen molar-refractivity contribution in [3.63, 3.8) is 0 Å². The van der Waals surface area contributed by atoms with Gasteiger partial charge in [-0.3, -0.25) is 0 Å². The number of furan rings is 1. The van der Waals surface area contributed by atoms with Crippen LogP contribution in [-0.4, -0.2) is 22.6 Å². The Balaban J connectivity index is 1.86. The van der Waals surface area contributed by atoms with E-state index in [1.165, 1.54) is 5.56 Å². The van der Waals surface area contributed by atoms with E-state index in [2.05, 4.69) is 73.1 Å². The molecule has 1 aliphatic heterocycles. The SMILES string of the molecule is Cc1ccc2c(n1)oc1c(N3C=CN(CC(C)C)[C@@H]3C)c(C)ccc12. The second kappa shape index (κ2) is 5.80. The lowest BCUT2D eigenvalue weighted by molar-refractivity contribution is 0.284. The molecular weight excluding hydrogens is 310 g/mol. The molecule has 0 radical (unpaired) electrons. The van der Waals surface area contributed by atoms with Gasteiger partial charge in [0, 0.05) is 35.4 Å². The molecule has 0 fully saturated rings. The van der Waals surface area contributed by atoms with Crippen molar-refractivity contribution < 1.29 is 4.42 Å². The van der Waals surface area contributed by atoms with Gasteiger partial charge < -0.3 is 14.2 Å². The molecule has 0 saturated heterocycles. The normalized spacial score (nSPS) is 17.6. The molecule has 0 amide bonds. The summed E-state index contributed by atoms with van der Waals surface area (Å²) >= 11 is 0. The maximum absolute atomic E-state index is 6.22. The minimum Gasteiger partial charge on any atom is -0.435 e. The highest BCUT2D eigenvalue weighted by atomic mass is 16.3. The summed E-state index contributed by atoms with van der Waals surface area (Å²) in [7, 11) is 0. The Bertz CT molecular complexity index is 970. The molecule has 4 rings (SSSR count). The highest BCUT2D eigenvalue weighted by Gasteiger charge is 2.27. The summed E-state index contributed by atoms with van der Waals surface area (Å²) in [5.41, 5.74) is 4.98. The molecule has 25 heavy (non-hydrogen) atoms. The highest BCUT2D eigenvalue weighted by Crippen LogP contribution is 2.39. The lowest BCUT2D eigenvalue weighted by Crippen LogP contribution is -2.38. The maximum Gasteiger partial charge on any atom is 0.227 e. The van der Waals surface area contributed by atoms with Crippen molar-refractivity contribution in [2.45, 2.75) is 40.8 Å². The lowest BCUT2D eigenvalue weighted by atomic mass is 10.1. The summed E-state index contributed by atoms with van der Waals surface area (Å²) in [5, 5.41) is 2.21. The summed E-state index contributed by atoms with van der Waals surface area (Å²) in [4.78, 5) is 9.27. The largest absolute Gasteiger partial charge is 0.435 e. The fraction of sp³-hybridized carbons (Fsp3) is 0.381. The molecule has 0 spiro atoms. The van der Waals surface area contributed by atoms with E-state index in [0.29, 0.717) is 5.92 Å². The standard InChI is InChI=1S/C21H25N3O/c1-13(2)12-23-10-11-24(16(23)5)19-14(3)6-8-17-18-9-7-15(4)22-21(18)25-20(17)19/h6-11,13,16H,12H2,1-5H3/t16-/m0/s1. The van der Waals surface area contributed by atoms with Gasteiger partial charge >= 0.3 is 0 Å². The Hall–Kier alpha value is -2.49. The zero-order valence-corrected chi connectivity index (χ0v) is 15.6. The zero-order chi connectivity index (χ0) is 17.7. The number of aromatic nitrogens is 1. The molecule has 1 atom stereocenters. The van der Waals surface area contributed by atoms with E-state index in [4.69, 9.17) is 4.42 Å². The third-order valence-electron chi connectivity index (χ3n) is 4.96. The molecule has 4 heteroatoms. The monoisotopic (exact) mass is 335 g/mol. The fourth-order valence-electron chi connectivity index (χ4n) is 3.68. The number of nitrogens with zero attached hydrogens (tertiary/aromatic N) is 3. The molecule has 1 aliphatic rings. The third kappa shape index (κ3) is 2.56. The van der Waals surface area contributed by atoms with Crippen LogP contribution in [0.15, 0.2) is 41.1 Å². The first-order valence-corrected chi connectivity index (χ1v) is 8.97. The molecule has 3 heterocycles. The Kier molecular flexibility index (Phi) is 3.71. The average molecular weight is 335 g/mol. The van der Waals surface area contributed by atoms with Gasteiger partial charge in [-0.15, -0.1) is 0 Å². The van der Waals surface area contributed by atoms with Crippen LogP contribution in [-0.2, 0) is 0 Å². The van der Waals surface area contributed by atoms with E-state index in [0.717, 1.165) is 40.0 Å². The Labute approximate surface area is 148 Å². The molecule has 2 aromatic heterocycles. The summed E-state index contributed by atoms with van der Waals surface area (Å²) in [6.45, 7) is 11.9. The molecule has 0 N–H and O–H groups in total. The molecule has 4 nitrogen and oxygen atoms in total. The van der Waals surface area contributed by atoms with Crippen LogP contribution in [0.25, 0.3) is 22.1 Å². The zero-order valence-electron chi connectivity index (χ0n) is 15.6. The van der Waals surface area contributed by atoms with Crippen LogP contribution >= 0.6 is 0 Å². The predicted molar refractivity (Wildman–Crippen MR) is 104 cm³/mol. The van der Waals surface area contributed by atoms with E-state index in [1.54, 1.807) is 0 Å². The van der Waals surface area contributed by atoms with Crippen LogP contribution in [0.4, 0.5) is 5.69 Å². The van der Waals surface area contributed by atoms with Gasteiger partial charge in [-0.1, -0.05) is 26.0 Å². The van der Waals surface area contributed by atoms with Gasteiger partial charge in [0.2, 0.25) is 5.71 Å². The molecule has 0 saturated carbocycles. The number of aryl methyl sites for hydroxylation is 2. The first kappa shape index (κ1) is 16.0. The smallest absolute Gasteiger partial charge is 0.227 e. The van der Waals surface area contributed by atoms with Gasteiger partial charge in [0.1, 0.15) is 6.17 Å². The van der Waals surface area contributed by atoms with Crippen LogP contribution in [0.5, 0.6) is 0 Å². The van der Waals surface area contributed by atoms with Crippen LogP contribution in [0, 0.1) is 19.8 Å². The van der Waals surface area contributed by atoms with E-state index in [9.17, 15) is 0 Å². The van der Waals surface area contributed by atoms with E-state index in [-0.39, 0.29) is 6.17 Å². The second-order valence-electron chi connectivity index (χ2n) is 7.44. The topological polar surface area (TPSA) is 32.5 Å². The number of pyridine rings is 1. The number of fused-ring (bicyclic) bond motifs is 3. The number of hydrogen-bond donors (Lipinski definition) is 0. The van der Waals surface area contributed by atoms with Gasteiger partial charge in [0.15, 0.2) is 5.58 Å². The van der Waals surface area contributed by atoms with Gasteiger partial charge in [-0.25, -0.2) is 4.98 Å².